The molecule has 1 aromatic rings. The molecule has 2 rings (SSSR count). The lowest BCUT2D eigenvalue weighted by atomic mass is 10.2. The maximum Gasteiger partial charge on any atom is 0.123 e. The van der Waals surface area contributed by atoms with Gasteiger partial charge in [0.05, 0.1) is 12.3 Å². The van der Waals surface area contributed by atoms with E-state index in [2.05, 4.69) is 26.1 Å². The molecule has 1 unspecified atom stereocenters. The molecule has 3 atom stereocenters. The van der Waals surface area contributed by atoms with Crippen LogP contribution in [0.5, 0.6) is 0 Å². The summed E-state index contributed by atoms with van der Waals surface area (Å²) in [7, 11) is 0. The highest BCUT2D eigenvalue weighted by Gasteiger charge is 2.34. The maximum absolute atomic E-state index is 5.43. The van der Waals surface area contributed by atoms with E-state index in [9.17, 15) is 0 Å². The van der Waals surface area contributed by atoms with Gasteiger partial charge in [0.15, 0.2) is 0 Å². The van der Waals surface area contributed by atoms with Crippen molar-refractivity contribution in [2.75, 3.05) is 0 Å². The van der Waals surface area contributed by atoms with E-state index in [4.69, 9.17) is 4.42 Å². The highest BCUT2D eigenvalue weighted by atomic mass is 16.3. The second-order valence-electron chi connectivity index (χ2n) is 4.18. The standard InChI is InChI=1S/C11H17NO/c1-7-4-5-13-11(7)9(3)12-10-6-8(10)2/h4-5,8-10,12H,6H2,1-3H3/t8-,9?,10-/m1/s1. The lowest BCUT2D eigenvalue weighted by Gasteiger charge is -2.11. The van der Waals surface area contributed by atoms with Crippen molar-refractivity contribution in [3.63, 3.8) is 0 Å². The Kier molecular flexibility index (Phi) is 2.16. The van der Waals surface area contributed by atoms with Gasteiger partial charge in [0, 0.05) is 6.04 Å². The molecule has 1 heterocycles. The minimum atomic E-state index is 0.352. The summed E-state index contributed by atoms with van der Waals surface area (Å²) in [6.45, 7) is 6.53. The van der Waals surface area contributed by atoms with E-state index < -0.39 is 0 Å². The molecule has 1 saturated carbocycles. The molecule has 1 aliphatic rings. The Labute approximate surface area is 79.3 Å². The minimum Gasteiger partial charge on any atom is -0.467 e. The Balaban J connectivity index is 1.97. The van der Waals surface area contributed by atoms with E-state index >= 15 is 0 Å². The predicted octanol–water partition coefficient (Wildman–Crippen LogP) is 2.65. The molecule has 72 valence electrons. The topological polar surface area (TPSA) is 25.2 Å². The molecule has 1 fully saturated rings. The Bertz CT molecular complexity index is 292. The van der Waals surface area contributed by atoms with Crippen molar-refractivity contribution in [3.8, 4) is 0 Å². The Morgan fingerprint density at radius 1 is 1.62 bits per heavy atom. The van der Waals surface area contributed by atoms with Gasteiger partial charge in [0.2, 0.25) is 0 Å². The summed E-state index contributed by atoms with van der Waals surface area (Å²) >= 11 is 0. The van der Waals surface area contributed by atoms with Gasteiger partial charge >= 0.3 is 0 Å². The van der Waals surface area contributed by atoms with Gasteiger partial charge in [0.1, 0.15) is 5.76 Å². The van der Waals surface area contributed by atoms with Crippen LogP contribution in [-0.4, -0.2) is 6.04 Å². The fourth-order valence-corrected chi connectivity index (χ4v) is 1.78. The number of rotatable bonds is 3. The fourth-order valence-electron chi connectivity index (χ4n) is 1.78. The van der Waals surface area contributed by atoms with Crippen LogP contribution in [-0.2, 0) is 0 Å². The predicted molar refractivity (Wildman–Crippen MR) is 52.6 cm³/mol. The van der Waals surface area contributed by atoms with Gasteiger partial charge in [-0.2, -0.15) is 0 Å². The van der Waals surface area contributed by atoms with E-state index in [0.29, 0.717) is 12.1 Å². The van der Waals surface area contributed by atoms with Gasteiger partial charge in [-0.1, -0.05) is 6.92 Å². The van der Waals surface area contributed by atoms with Crippen LogP contribution in [0.4, 0.5) is 0 Å². The summed E-state index contributed by atoms with van der Waals surface area (Å²) in [4.78, 5) is 0. The van der Waals surface area contributed by atoms with Crippen LogP contribution in [0, 0.1) is 12.8 Å². The largest absolute Gasteiger partial charge is 0.467 e. The van der Waals surface area contributed by atoms with E-state index in [-0.39, 0.29) is 0 Å². The molecule has 0 aliphatic heterocycles. The summed E-state index contributed by atoms with van der Waals surface area (Å²) in [6, 6.07) is 3.08. The quantitative estimate of drug-likeness (QED) is 0.771. The lowest BCUT2D eigenvalue weighted by Crippen LogP contribution is -2.22. The molecule has 0 spiro atoms. The first kappa shape index (κ1) is 8.82. The first-order valence-electron chi connectivity index (χ1n) is 4.98. The SMILES string of the molecule is Cc1ccoc1C(C)N[C@@H]1C[C@H]1C. The molecule has 0 amide bonds. The second-order valence-corrected chi connectivity index (χ2v) is 4.18. The van der Waals surface area contributed by atoms with Gasteiger partial charge in [-0.25, -0.2) is 0 Å². The van der Waals surface area contributed by atoms with E-state index in [1.165, 1.54) is 12.0 Å². The summed E-state index contributed by atoms with van der Waals surface area (Å²) in [5, 5.41) is 3.55. The average Bonchev–Trinajstić information content (AvgIpc) is 2.62. The third-order valence-corrected chi connectivity index (χ3v) is 2.87. The molecule has 1 aliphatic carbocycles. The zero-order valence-electron chi connectivity index (χ0n) is 8.50. The third-order valence-electron chi connectivity index (χ3n) is 2.87. The zero-order chi connectivity index (χ0) is 9.42. The van der Waals surface area contributed by atoms with Crippen molar-refractivity contribution in [2.24, 2.45) is 5.92 Å². The molecule has 0 aromatic carbocycles. The van der Waals surface area contributed by atoms with Crippen LogP contribution < -0.4 is 5.32 Å². The maximum atomic E-state index is 5.43. The van der Waals surface area contributed by atoms with Crippen molar-refractivity contribution < 1.29 is 4.42 Å². The van der Waals surface area contributed by atoms with Crippen LogP contribution in [0.25, 0.3) is 0 Å². The molecule has 13 heavy (non-hydrogen) atoms. The van der Waals surface area contributed by atoms with Gasteiger partial charge in [0.25, 0.3) is 0 Å². The number of hydrogen-bond donors (Lipinski definition) is 1. The molecule has 0 bridgehead atoms. The second kappa shape index (κ2) is 3.18. The van der Waals surface area contributed by atoms with Crippen LogP contribution in [0.15, 0.2) is 16.7 Å². The Morgan fingerprint density at radius 3 is 2.77 bits per heavy atom. The highest BCUT2D eigenvalue weighted by Crippen LogP contribution is 2.32. The van der Waals surface area contributed by atoms with Gasteiger partial charge in [-0.3, -0.25) is 0 Å². The Morgan fingerprint density at radius 2 is 2.31 bits per heavy atom. The van der Waals surface area contributed by atoms with Gasteiger partial charge < -0.3 is 9.73 Å². The molecule has 0 saturated heterocycles. The molecular weight excluding hydrogens is 162 g/mol. The molecular formula is C11H17NO. The fraction of sp³-hybridized carbons (Fsp3) is 0.636. The number of aryl methyl sites for hydroxylation is 1. The molecule has 0 radical (unpaired) electrons. The lowest BCUT2D eigenvalue weighted by molar-refractivity contribution is 0.422. The first-order chi connectivity index (χ1) is 6.18. The molecule has 1 N–H and O–H groups in total. The Hall–Kier alpha value is -0.760. The summed E-state index contributed by atoms with van der Waals surface area (Å²) in [5.74, 6) is 1.93. The smallest absolute Gasteiger partial charge is 0.123 e. The third kappa shape index (κ3) is 1.78. The molecule has 1 aromatic heterocycles. The summed E-state index contributed by atoms with van der Waals surface area (Å²) < 4.78 is 5.43. The minimum absolute atomic E-state index is 0.352. The summed E-state index contributed by atoms with van der Waals surface area (Å²) in [5.41, 5.74) is 1.24. The van der Waals surface area contributed by atoms with Crippen molar-refractivity contribution in [1.29, 1.82) is 0 Å². The van der Waals surface area contributed by atoms with Crippen molar-refractivity contribution in [2.45, 2.75) is 39.3 Å². The van der Waals surface area contributed by atoms with E-state index in [1.54, 1.807) is 6.26 Å². The average molecular weight is 179 g/mol. The van der Waals surface area contributed by atoms with E-state index in [1.807, 2.05) is 6.07 Å². The molecule has 2 heteroatoms. The van der Waals surface area contributed by atoms with Crippen LogP contribution in [0.3, 0.4) is 0 Å². The number of furan rings is 1. The zero-order valence-corrected chi connectivity index (χ0v) is 8.50. The van der Waals surface area contributed by atoms with Crippen molar-refractivity contribution >= 4 is 0 Å². The number of nitrogens with one attached hydrogen (secondary N) is 1. The van der Waals surface area contributed by atoms with E-state index in [0.717, 1.165) is 11.7 Å². The monoisotopic (exact) mass is 179 g/mol. The van der Waals surface area contributed by atoms with Crippen molar-refractivity contribution in [3.05, 3.63) is 23.7 Å². The van der Waals surface area contributed by atoms with Crippen LogP contribution >= 0.6 is 0 Å². The normalized spacial score (nSPS) is 28.8. The van der Waals surface area contributed by atoms with Gasteiger partial charge in [-0.05, 0) is 37.8 Å². The van der Waals surface area contributed by atoms with Gasteiger partial charge in [-0.15, -0.1) is 0 Å². The van der Waals surface area contributed by atoms with Crippen LogP contribution in [0.2, 0.25) is 0 Å². The van der Waals surface area contributed by atoms with Crippen molar-refractivity contribution in [1.82, 2.24) is 5.32 Å². The number of hydrogen-bond acceptors (Lipinski definition) is 2. The highest BCUT2D eigenvalue weighted by molar-refractivity contribution is 5.18. The van der Waals surface area contributed by atoms with Crippen LogP contribution in [0.1, 0.15) is 37.6 Å². The molecule has 2 nitrogen and oxygen atoms in total. The summed E-state index contributed by atoms with van der Waals surface area (Å²) in [6.07, 6.45) is 3.07. The first-order valence-corrected chi connectivity index (χ1v) is 4.98.